The van der Waals surface area contributed by atoms with Gasteiger partial charge in [0.05, 0.1) is 9.95 Å². The predicted molar refractivity (Wildman–Crippen MR) is 89.0 cm³/mol. The van der Waals surface area contributed by atoms with Crippen molar-refractivity contribution in [2.45, 2.75) is 0 Å². The number of hydrogen-bond donors (Lipinski definition) is 0. The molecule has 0 heterocycles. The van der Waals surface area contributed by atoms with Crippen molar-refractivity contribution in [2.75, 3.05) is 0 Å². The van der Waals surface area contributed by atoms with E-state index in [2.05, 4.69) is 45.2 Å². The van der Waals surface area contributed by atoms with Crippen LogP contribution < -0.4 is 0 Å². The van der Waals surface area contributed by atoms with Crippen molar-refractivity contribution < 1.29 is 4.92 Å². The van der Waals surface area contributed by atoms with Crippen LogP contribution in [-0.4, -0.2) is 4.92 Å². The first-order valence-electron chi connectivity index (χ1n) is 4.89. The molecule has 0 fully saturated rings. The van der Waals surface area contributed by atoms with Crippen molar-refractivity contribution >= 4 is 62.5 Å². The zero-order chi connectivity index (χ0) is 13.3. The smallest absolute Gasteiger partial charge is 0.258 e. The summed E-state index contributed by atoms with van der Waals surface area (Å²) in [5.41, 5.74) is 1.75. The van der Waals surface area contributed by atoms with E-state index >= 15 is 0 Å². The Balaban J connectivity index is 2.71. The summed E-state index contributed by atoms with van der Waals surface area (Å²) < 4.78 is 1.86. The maximum atomic E-state index is 10.9. The molecule has 0 bridgehead atoms. The van der Waals surface area contributed by atoms with Gasteiger partial charge in [-0.3, -0.25) is 10.1 Å². The molecule has 0 saturated carbocycles. The van der Waals surface area contributed by atoms with E-state index in [9.17, 15) is 10.1 Å². The fourth-order valence-corrected chi connectivity index (χ4v) is 3.05. The van der Waals surface area contributed by atoms with Gasteiger partial charge < -0.3 is 0 Å². The molecule has 2 rings (SSSR count). The number of benzene rings is 2. The van der Waals surface area contributed by atoms with Gasteiger partial charge in [-0.2, -0.15) is 0 Å². The lowest BCUT2D eigenvalue weighted by molar-refractivity contribution is -0.384. The highest BCUT2D eigenvalue weighted by atomic mass is 127. The number of non-ortho nitro benzene ring substituents is 1. The molecule has 0 unspecified atom stereocenters. The number of rotatable bonds is 2. The Kier molecular flexibility index (Phi) is 4.44. The summed E-state index contributed by atoms with van der Waals surface area (Å²) in [6.07, 6.45) is 0. The van der Waals surface area contributed by atoms with E-state index in [1.165, 1.54) is 6.07 Å². The van der Waals surface area contributed by atoms with Crippen LogP contribution in [-0.2, 0) is 0 Å². The quantitative estimate of drug-likeness (QED) is 0.337. The number of halogens is 3. The van der Waals surface area contributed by atoms with Crippen molar-refractivity contribution in [3.8, 4) is 11.1 Å². The minimum atomic E-state index is -0.429. The third-order valence-electron chi connectivity index (χ3n) is 2.39. The van der Waals surface area contributed by atoms with Gasteiger partial charge in [-0.15, -0.1) is 0 Å². The van der Waals surface area contributed by atoms with Gasteiger partial charge in [0, 0.05) is 24.8 Å². The zero-order valence-electron chi connectivity index (χ0n) is 8.86. The topological polar surface area (TPSA) is 43.1 Å². The molecule has 0 N–H and O–H groups in total. The number of hydrogen-bond acceptors (Lipinski definition) is 2. The summed E-state index contributed by atoms with van der Waals surface area (Å²) in [5.74, 6) is 0. The molecule has 0 aromatic heterocycles. The third kappa shape index (κ3) is 2.77. The molecule has 0 amide bonds. The molecule has 0 spiro atoms. The first kappa shape index (κ1) is 14.0. The standard InChI is InChI=1S/C12H6ClI2NO2/c13-10-6-7(16(17)18)5-9(12(10)15)8-3-1-2-4-11(8)14/h1-6H. The molecule has 2 aromatic carbocycles. The lowest BCUT2D eigenvalue weighted by Crippen LogP contribution is -1.93. The first-order chi connectivity index (χ1) is 8.50. The normalized spacial score (nSPS) is 10.4. The minimum absolute atomic E-state index is 0.00932. The second-order valence-corrected chi connectivity index (χ2v) is 6.17. The Morgan fingerprint density at radius 1 is 1.11 bits per heavy atom. The Morgan fingerprint density at radius 3 is 2.39 bits per heavy atom. The van der Waals surface area contributed by atoms with Crippen molar-refractivity contribution in [1.82, 2.24) is 0 Å². The summed E-state index contributed by atoms with van der Waals surface area (Å²) in [6, 6.07) is 10.7. The third-order valence-corrected chi connectivity index (χ3v) is 5.11. The molecule has 0 aliphatic rings. The fourth-order valence-electron chi connectivity index (χ4n) is 1.56. The second-order valence-electron chi connectivity index (χ2n) is 3.53. The molecule has 0 saturated heterocycles. The van der Waals surface area contributed by atoms with Crippen molar-refractivity contribution in [3.63, 3.8) is 0 Å². The second kappa shape index (κ2) is 5.70. The predicted octanol–water partition coefficient (Wildman–Crippen LogP) is 5.12. The summed E-state index contributed by atoms with van der Waals surface area (Å²) in [6.45, 7) is 0. The van der Waals surface area contributed by atoms with Crippen LogP contribution >= 0.6 is 56.8 Å². The van der Waals surface area contributed by atoms with E-state index < -0.39 is 4.92 Å². The molecule has 3 nitrogen and oxygen atoms in total. The summed E-state index contributed by atoms with van der Waals surface area (Å²) in [5, 5.41) is 11.3. The van der Waals surface area contributed by atoms with Crippen LogP contribution in [0.1, 0.15) is 0 Å². The molecular formula is C12H6ClI2NO2. The number of nitro benzene ring substituents is 1. The SMILES string of the molecule is O=[N+]([O-])c1cc(Cl)c(I)c(-c2ccccc2I)c1. The van der Waals surface area contributed by atoms with Gasteiger partial charge in [0.2, 0.25) is 0 Å². The molecule has 2 aromatic rings. The molecule has 0 atom stereocenters. The maximum Gasteiger partial charge on any atom is 0.271 e. The zero-order valence-corrected chi connectivity index (χ0v) is 13.9. The van der Waals surface area contributed by atoms with Crippen LogP contribution in [0.2, 0.25) is 5.02 Å². The highest BCUT2D eigenvalue weighted by Gasteiger charge is 2.16. The minimum Gasteiger partial charge on any atom is -0.258 e. The van der Waals surface area contributed by atoms with Gasteiger partial charge in [0.1, 0.15) is 0 Å². The molecule has 92 valence electrons. The summed E-state index contributed by atoms with van der Waals surface area (Å²) in [7, 11) is 0. The van der Waals surface area contributed by atoms with Crippen LogP contribution in [0.15, 0.2) is 36.4 Å². The largest absolute Gasteiger partial charge is 0.271 e. The average Bonchev–Trinajstić information content (AvgIpc) is 2.33. The Morgan fingerprint density at radius 2 is 1.78 bits per heavy atom. The average molecular weight is 485 g/mol. The number of nitro groups is 1. The lowest BCUT2D eigenvalue weighted by Gasteiger charge is -2.08. The van der Waals surface area contributed by atoms with Crippen LogP contribution in [0.25, 0.3) is 11.1 Å². The molecule has 0 radical (unpaired) electrons. The van der Waals surface area contributed by atoms with E-state index in [1.54, 1.807) is 6.07 Å². The Hall–Kier alpha value is -0.410. The van der Waals surface area contributed by atoms with Gasteiger partial charge in [0.25, 0.3) is 5.69 Å². The van der Waals surface area contributed by atoms with Crippen molar-refractivity contribution in [1.29, 1.82) is 0 Å². The molecule has 6 heteroatoms. The van der Waals surface area contributed by atoms with Crippen LogP contribution in [0.4, 0.5) is 5.69 Å². The summed E-state index contributed by atoms with van der Waals surface area (Å²) >= 11 is 10.4. The molecule has 0 aliphatic heterocycles. The van der Waals surface area contributed by atoms with Crippen molar-refractivity contribution in [2.24, 2.45) is 0 Å². The van der Waals surface area contributed by atoms with Gasteiger partial charge in [-0.25, -0.2) is 0 Å². The van der Waals surface area contributed by atoms with E-state index in [4.69, 9.17) is 11.6 Å². The maximum absolute atomic E-state index is 10.9. The van der Waals surface area contributed by atoms with E-state index in [0.717, 1.165) is 18.3 Å². The highest BCUT2D eigenvalue weighted by Crippen LogP contribution is 2.36. The molecular weight excluding hydrogens is 479 g/mol. The summed E-state index contributed by atoms with van der Waals surface area (Å²) in [4.78, 5) is 10.4. The van der Waals surface area contributed by atoms with Gasteiger partial charge >= 0.3 is 0 Å². The Bertz CT molecular complexity index is 631. The number of nitrogens with zero attached hydrogens (tertiary/aromatic N) is 1. The van der Waals surface area contributed by atoms with E-state index in [1.807, 2.05) is 24.3 Å². The van der Waals surface area contributed by atoms with Crippen LogP contribution in [0, 0.1) is 17.3 Å². The van der Waals surface area contributed by atoms with E-state index in [-0.39, 0.29) is 5.69 Å². The van der Waals surface area contributed by atoms with E-state index in [0.29, 0.717) is 5.02 Å². The highest BCUT2D eigenvalue weighted by molar-refractivity contribution is 14.1. The van der Waals surface area contributed by atoms with Gasteiger partial charge in [0.15, 0.2) is 0 Å². The Labute approximate surface area is 136 Å². The van der Waals surface area contributed by atoms with Crippen LogP contribution in [0.5, 0.6) is 0 Å². The molecule has 0 aliphatic carbocycles. The van der Waals surface area contributed by atoms with Gasteiger partial charge in [-0.05, 0) is 56.8 Å². The van der Waals surface area contributed by atoms with Gasteiger partial charge in [-0.1, -0.05) is 29.8 Å². The first-order valence-corrected chi connectivity index (χ1v) is 7.42. The van der Waals surface area contributed by atoms with Crippen LogP contribution in [0.3, 0.4) is 0 Å². The van der Waals surface area contributed by atoms with Crippen molar-refractivity contribution in [3.05, 3.63) is 58.7 Å². The monoisotopic (exact) mass is 485 g/mol. The molecule has 18 heavy (non-hydrogen) atoms. The lowest BCUT2D eigenvalue weighted by atomic mass is 10.1. The fraction of sp³-hybridized carbons (Fsp3) is 0.